The summed E-state index contributed by atoms with van der Waals surface area (Å²) in [6, 6.07) is 5.40. The molecule has 2 aromatic rings. The van der Waals surface area contributed by atoms with Crippen molar-refractivity contribution in [2.45, 2.75) is 32.8 Å². The first-order valence-electron chi connectivity index (χ1n) is 8.13. The van der Waals surface area contributed by atoms with E-state index in [2.05, 4.69) is 4.98 Å². The van der Waals surface area contributed by atoms with E-state index in [4.69, 9.17) is 10.5 Å². The Bertz CT molecular complexity index is 848. The van der Waals surface area contributed by atoms with Crippen LogP contribution in [0.25, 0.3) is 11.3 Å². The molecule has 2 aromatic heterocycles. The van der Waals surface area contributed by atoms with Crippen LogP contribution >= 0.6 is 0 Å². The second kappa shape index (κ2) is 5.91. The molecule has 0 saturated carbocycles. The third-order valence-corrected chi connectivity index (χ3v) is 4.10. The van der Waals surface area contributed by atoms with Crippen LogP contribution < -0.4 is 5.73 Å². The first-order valence-corrected chi connectivity index (χ1v) is 8.13. The molecule has 0 radical (unpaired) electrons. The lowest BCUT2D eigenvalue weighted by Gasteiger charge is -2.28. The molecule has 132 valence electrons. The van der Waals surface area contributed by atoms with Gasteiger partial charge in [-0.05, 0) is 39.0 Å². The Labute approximate surface area is 146 Å². The highest BCUT2D eigenvalue weighted by atomic mass is 16.6. The number of anilines is 1. The van der Waals surface area contributed by atoms with E-state index in [-0.39, 0.29) is 5.91 Å². The number of nitrogen functional groups attached to an aromatic ring is 1. The van der Waals surface area contributed by atoms with Crippen molar-refractivity contribution >= 4 is 17.8 Å². The average molecular weight is 342 g/mol. The molecule has 0 bridgehead atoms. The van der Waals surface area contributed by atoms with Crippen LogP contribution in [0.4, 0.5) is 10.6 Å². The van der Waals surface area contributed by atoms with E-state index in [0.717, 1.165) is 21.9 Å². The van der Waals surface area contributed by atoms with Crippen molar-refractivity contribution in [1.82, 2.24) is 14.5 Å². The molecule has 2 amide bonds. The Morgan fingerprint density at radius 3 is 2.68 bits per heavy atom. The lowest BCUT2D eigenvalue weighted by atomic mass is 10.1. The van der Waals surface area contributed by atoms with E-state index in [1.807, 2.05) is 17.7 Å². The lowest BCUT2D eigenvalue weighted by Crippen LogP contribution is -2.44. The van der Waals surface area contributed by atoms with Crippen molar-refractivity contribution in [1.29, 1.82) is 0 Å². The van der Waals surface area contributed by atoms with Crippen LogP contribution in [0.1, 0.15) is 36.8 Å². The molecule has 3 heterocycles. The number of rotatable bonds is 1. The number of nitrogens with two attached hydrogens (primary N) is 1. The van der Waals surface area contributed by atoms with Crippen LogP contribution in [0.3, 0.4) is 0 Å². The Balaban J connectivity index is 1.95. The summed E-state index contributed by atoms with van der Waals surface area (Å²) in [6.07, 6.45) is 1.60. The summed E-state index contributed by atoms with van der Waals surface area (Å²) in [6.45, 7) is 5.63. The van der Waals surface area contributed by atoms with Gasteiger partial charge in [0.25, 0.3) is 5.91 Å². The minimum absolute atomic E-state index is 0.302. The number of ether oxygens (including phenoxy) is 1. The van der Waals surface area contributed by atoms with E-state index in [0.29, 0.717) is 24.3 Å². The summed E-state index contributed by atoms with van der Waals surface area (Å²) in [4.78, 5) is 30.2. The molecule has 2 N–H and O–H groups in total. The number of amides is 2. The van der Waals surface area contributed by atoms with E-state index < -0.39 is 11.7 Å². The molecule has 0 aromatic carbocycles. The number of carbonyl (C=O) groups is 2. The quantitative estimate of drug-likeness (QED) is 0.860. The summed E-state index contributed by atoms with van der Waals surface area (Å²) < 4.78 is 7.30. The Hall–Kier alpha value is -2.83. The lowest BCUT2D eigenvalue weighted by molar-refractivity contribution is 0.0232. The van der Waals surface area contributed by atoms with Crippen molar-refractivity contribution in [3.63, 3.8) is 0 Å². The first-order chi connectivity index (χ1) is 11.7. The number of carbonyl (C=O) groups excluding carboxylic acids is 2. The average Bonchev–Trinajstić information content (AvgIpc) is 2.84. The van der Waals surface area contributed by atoms with Gasteiger partial charge in [0.1, 0.15) is 11.4 Å². The van der Waals surface area contributed by atoms with Crippen LogP contribution in [-0.2, 0) is 18.2 Å². The highest BCUT2D eigenvalue weighted by Crippen LogP contribution is 2.30. The molecule has 25 heavy (non-hydrogen) atoms. The summed E-state index contributed by atoms with van der Waals surface area (Å²) in [5, 5.41) is 0. The molecule has 0 atom stereocenters. The zero-order valence-electron chi connectivity index (χ0n) is 14.9. The van der Waals surface area contributed by atoms with Crippen molar-refractivity contribution in [2.24, 2.45) is 7.05 Å². The van der Waals surface area contributed by atoms with Gasteiger partial charge < -0.3 is 15.0 Å². The molecule has 0 fully saturated rings. The Morgan fingerprint density at radius 1 is 1.32 bits per heavy atom. The van der Waals surface area contributed by atoms with Gasteiger partial charge >= 0.3 is 6.09 Å². The first kappa shape index (κ1) is 17.0. The van der Waals surface area contributed by atoms with Crippen molar-refractivity contribution < 1.29 is 14.3 Å². The van der Waals surface area contributed by atoms with Gasteiger partial charge in [-0.2, -0.15) is 0 Å². The minimum atomic E-state index is -0.645. The maximum atomic E-state index is 12.8. The predicted octanol–water partition coefficient (Wildman–Crippen LogP) is 2.60. The van der Waals surface area contributed by atoms with E-state index in [1.165, 1.54) is 0 Å². The number of fused-ring (bicyclic) bond motifs is 1. The molecule has 1 aliphatic rings. The molecule has 7 heteroatoms. The smallest absolute Gasteiger partial charge is 0.417 e. The van der Waals surface area contributed by atoms with E-state index >= 15 is 0 Å². The summed E-state index contributed by atoms with van der Waals surface area (Å²) >= 11 is 0. The fraction of sp³-hybridized carbons (Fsp3) is 0.389. The molecule has 0 spiro atoms. The topological polar surface area (TPSA) is 90.5 Å². The highest BCUT2D eigenvalue weighted by Gasteiger charge is 2.34. The summed E-state index contributed by atoms with van der Waals surface area (Å²) in [7, 11) is 1.90. The van der Waals surface area contributed by atoms with Gasteiger partial charge in [-0.1, -0.05) is 0 Å². The predicted molar refractivity (Wildman–Crippen MR) is 94.0 cm³/mol. The second-order valence-electron chi connectivity index (χ2n) is 7.11. The van der Waals surface area contributed by atoms with Crippen LogP contribution in [0, 0.1) is 0 Å². The third-order valence-electron chi connectivity index (χ3n) is 4.10. The van der Waals surface area contributed by atoms with Gasteiger partial charge in [-0.3, -0.25) is 4.79 Å². The Morgan fingerprint density at radius 2 is 2.04 bits per heavy atom. The van der Waals surface area contributed by atoms with Gasteiger partial charge in [-0.15, -0.1) is 0 Å². The largest absolute Gasteiger partial charge is 0.443 e. The molecule has 3 rings (SSSR count). The van der Waals surface area contributed by atoms with Gasteiger partial charge in [0.2, 0.25) is 0 Å². The molecule has 1 aliphatic heterocycles. The zero-order valence-corrected chi connectivity index (χ0v) is 14.9. The zero-order chi connectivity index (χ0) is 18.4. The van der Waals surface area contributed by atoms with Crippen LogP contribution in [0.5, 0.6) is 0 Å². The molecule has 0 unspecified atom stereocenters. The van der Waals surface area contributed by atoms with E-state index in [9.17, 15) is 9.59 Å². The van der Waals surface area contributed by atoms with Crippen LogP contribution in [0.15, 0.2) is 24.4 Å². The molecule has 7 nitrogen and oxygen atoms in total. The van der Waals surface area contributed by atoms with Gasteiger partial charge in [-0.25, -0.2) is 14.7 Å². The SMILES string of the molecule is Cn1c(-c2ccnc(N)c2)cc2c1CCN(C(=O)OC(C)(C)C)C2=O. The molecular formula is C18H22N4O3. The second-order valence-corrected chi connectivity index (χ2v) is 7.11. The number of hydrogen-bond donors (Lipinski definition) is 1. The number of hydrogen-bond acceptors (Lipinski definition) is 5. The molecule has 0 aliphatic carbocycles. The number of pyridine rings is 1. The molecular weight excluding hydrogens is 320 g/mol. The fourth-order valence-electron chi connectivity index (χ4n) is 2.97. The monoisotopic (exact) mass is 342 g/mol. The van der Waals surface area contributed by atoms with Crippen LogP contribution in [0.2, 0.25) is 0 Å². The van der Waals surface area contributed by atoms with Gasteiger partial charge in [0.15, 0.2) is 0 Å². The van der Waals surface area contributed by atoms with Gasteiger partial charge in [0, 0.05) is 43.2 Å². The van der Waals surface area contributed by atoms with Crippen molar-refractivity contribution in [3.05, 3.63) is 35.7 Å². The Kier molecular flexibility index (Phi) is 4.02. The maximum absolute atomic E-state index is 12.8. The maximum Gasteiger partial charge on any atom is 0.417 e. The van der Waals surface area contributed by atoms with E-state index in [1.54, 1.807) is 39.1 Å². The fourth-order valence-corrected chi connectivity index (χ4v) is 2.97. The molecule has 0 saturated heterocycles. The van der Waals surface area contributed by atoms with Gasteiger partial charge in [0.05, 0.1) is 5.56 Å². The third kappa shape index (κ3) is 3.22. The number of imide groups is 1. The van der Waals surface area contributed by atoms with Crippen molar-refractivity contribution in [2.75, 3.05) is 12.3 Å². The summed E-state index contributed by atoms with van der Waals surface area (Å²) in [5.41, 5.74) is 8.27. The van der Waals surface area contributed by atoms with Crippen molar-refractivity contribution in [3.8, 4) is 11.3 Å². The number of nitrogens with zero attached hydrogens (tertiary/aromatic N) is 3. The normalized spacial score (nSPS) is 14.4. The standard InChI is InChI=1S/C18H22N4O3/c1-18(2,3)25-17(24)22-8-6-13-12(16(22)23)10-14(21(13)4)11-5-7-20-15(19)9-11/h5,7,9-10H,6,8H2,1-4H3,(H2,19,20). The minimum Gasteiger partial charge on any atom is -0.443 e. The summed E-state index contributed by atoms with van der Waals surface area (Å²) in [5.74, 6) is 0.0813. The van der Waals surface area contributed by atoms with Crippen LogP contribution in [-0.4, -0.2) is 38.6 Å². The highest BCUT2D eigenvalue weighted by molar-refractivity contribution is 6.05. The number of aromatic nitrogens is 2.